The summed E-state index contributed by atoms with van der Waals surface area (Å²) in [7, 11) is 0. The predicted molar refractivity (Wildman–Crippen MR) is 154 cm³/mol. The number of anilines is 2. The van der Waals surface area contributed by atoms with Gasteiger partial charge in [0.2, 0.25) is 5.91 Å². The summed E-state index contributed by atoms with van der Waals surface area (Å²) in [6.45, 7) is 2.72. The maximum Gasteiger partial charge on any atom is 0.255 e. The van der Waals surface area contributed by atoms with Gasteiger partial charge >= 0.3 is 0 Å². The molecule has 0 bridgehead atoms. The number of nitrogens with one attached hydrogen (secondary N) is 2. The third-order valence-corrected chi connectivity index (χ3v) is 7.82. The van der Waals surface area contributed by atoms with E-state index in [4.69, 9.17) is 0 Å². The van der Waals surface area contributed by atoms with Gasteiger partial charge in [-0.25, -0.2) is 8.78 Å². The molecule has 9 heteroatoms. The van der Waals surface area contributed by atoms with E-state index in [1.54, 1.807) is 24.3 Å². The first kappa shape index (κ1) is 28.3. The van der Waals surface area contributed by atoms with Crippen LogP contribution in [0.1, 0.15) is 58.4 Å². The monoisotopic (exact) mass is 560 g/mol. The van der Waals surface area contributed by atoms with Crippen molar-refractivity contribution >= 4 is 29.1 Å². The number of halogens is 2. The fraction of sp³-hybridized carbons (Fsp3) is 0.344. The molecule has 1 aliphatic carbocycles. The third kappa shape index (κ3) is 7.09. The summed E-state index contributed by atoms with van der Waals surface area (Å²) in [5, 5.41) is 5.70. The van der Waals surface area contributed by atoms with Gasteiger partial charge in [-0.2, -0.15) is 0 Å². The van der Waals surface area contributed by atoms with Gasteiger partial charge < -0.3 is 20.4 Å². The number of carbonyl (C=O) groups is 3. The first-order valence-electron chi connectivity index (χ1n) is 14.1. The maximum atomic E-state index is 13.5. The van der Waals surface area contributed by atoms with E-state index in [0.717, 1.165) is 37.7 Å². The summed E-state index contributed by atoms with van der Waals surface area (Å²) in [6.07, 6.45) is 4.91. The van der Waals surface area contributed by atoms with E-state index in [1.165, 1.54) is 36.4 Å². The summed E-state index contributed by atoms with van der Waals surface area (Å²) in [6, 6.07) is 16.3. The molecule has 1 saturated heterocycles. The molecule has 7 nitrogen and oxygen atoms in total. The summed E-state index contributed by atoms with van der Waals surface area (Å²) >= 11 is 0. The normalized spacial score (nSPS) is 15.9. The topological polar surface area (TPSA) is 81.8 Å². The van der Waals surface area contributed by atoms with Crippen molar-refractivity contribution in [2.75, 3.05) is 36.4 Å². The standard InChI is InChI=1S/C32H34F2N4O3/c33-25-10-6-22(7-11-25)21-35-31(40)28-20-27(36-30(39)23-8-12-26(34)13-9-23)14-15-29(28)37-16-3-17-38(19-18-37)32(41)24-4-1-2-5-24/h6-15,20,24H,1-5,16-19,21H2,(H,35,40)(H,36,39). The average molecular weight is 561 g/mol. The van der Waals surface area contributed by atoms with Crippen molar-refractivity contribution in [3.8, 4) is 0 Å². The Morgan fingerprint density at radius 3 is 2.15 bits per heavy atom. The lowest BCUT2D eigenvalue weighted by Crippen LogP contribution is -2.38. The van der Waals surface area contributed by atoms with Crippen LogP contribution in [0.2, 0.25) is 0 Å². The van der Waals surface area contributed by atoms with Crippen LogP contribution in [-0.2, 0) is 11.3 Å². The highest BCUT2D eigenvalue weighted by atomic mass is 19.1. The molecule has 3 aromatic rings. The Balaban J connectivity index is 1.35. The molecule has 0 radical (unpaired) electrons. The molecule has 0 atom stereocenters. The Kier molecular flexibility index (Phi) is 8.91. The molecular formula is C32H34F2N4O3. The molecular weight excluding hydrogens is 526 g/mol. The minimum Gasteiger partial charge on any atom is -0.369 e. The van der Waals surface area contributed by atoms with Crippen LogP contribution in [0.15, 0.2) is 66.7 Å². The molecule has 0 spiro atoms. The predicted octanol–water partition coefficient (Wildman–Crippen LogP) is 5.38. The van der Waals surface area contributed by atoms with E-state index in [-0.39, 0.29) is 35.7 Å². The lowest BCUT2D eigenvalue weighted by Gasteiger charge is -2.27. The van der Waals surface area contributed by atoms with Gasteiger partial charge in [0, 0.05) is 55.6 Å². The van der Waals surface area contributed by atoms with Crippen LogP contribution < -0.4 is 15.5 Å². The zero-order valence-electron chi connectivity index (χ0n) is 22.9. The first-order chi connectivity index (χ1) is 19.9. The molecule has 1 heterocycles. The Hall–Kier alpha value is -4.27. The Morgan fingerprint density at radius 1 is 0.756 bits per heavy atom. The highest BCUT2D eigenvalue weighted by Crippen LogP contribution is 2.29. The molecule has 214 valence electrons. The number of carbonyl (C=O) groups excluding carboxylic acids is 3. The molecule has 2 N–H and O–H groups in total. The molecule has 5 rings (SSSR count). The minimum atomic E-state index is -0.438. The van der Waals surface area contributed by atoms with Gasteiger partial charge in [-0.3, -0.25) is 14.4 Å². The van der Waals surface area contributed by atoms with E-state index < -0.39 is 11.7 Å². The second-order valence-corrected chi connectivity index (χ2v) is 10.6. The van der Waals surface area contributed by atoms with Crippen LogP contribution >= 0.6 is 0 Å². The van der Waals surface area contributed by atoms with Crippen LogP contribution in [0.3, 0.4) is 0 Å². The average Bonchev–Trinajstić information content (AvgIpc) is 3.41. The number of benzene rings is 3. The number of hydrogen-bond acceptors (Lipinski definition) is 4. The number of amides is 3. The van der Waals surface area contributed by atoms with Crippen LogP contribution in [0.4, 0.5) is 20.2 Å². The van der Waals surface area contributed by atoms with E-state index in [9.17, 15) is 23.2 Å². The van der Waals surface area contributed by atoms with Crippen molar-refractivity contribution in [2.45, 2.75) is 38.6 Å². The lowest BCUT2D eigenvalue weighted by atomic mass is 10.1. The van der Waals surface area contributed by atoms with E-state index >= 15 is 0 Å². The van der Waals surface area contributed by atoms with Gasteiger partial charge in [-0.05, 0) is 79.4 Å². The zero-order valence-corrected chi connectivity index (χ0v) is 22.9. The molecule has 2 aliphatic rings. The van der Waals surface area contributed by atoms with Crippen LogP contribution in [0.25, 0.3) is 0 Å². The SMILES string of the molecule is O=C(Nc1ccc(N2CCCN(C(=O)C3CCCC3)CC2)c(C(=O)NCc2ccc(F)cc2)c1)c1ccc(F)cc1. The fourth-order valence-electron chi connectivity index (χ4n) is 5.57. The first-order valence-corrected chi connectivity index (χ1v) is 14.1. The maximum absolute atomic E-state index is 13.5. The van der Waals surface area contributed by atoms with Gasteiger partial charge in [0.15, 0.2) is 0 Å². The Bertz CT molecular complexity index is 1390. The smallest absolute Gasteiger partial charge is 0.255 e. The second kappa shape index (κ2) is 12.9. The van der Waals surface area contributed by atoms with E-state index in [2.05, 4.69) is 15.5 Å². The molecule has 0 unspecified atom stereocenters. The van der Waals surface area contributed by atoms with Crippen LogP contribution in [0.5, 0.6) is 0 Å². The minimum absolute atomic E-state index is 0.123. The highest BCUT2D eigenvalue weighted by Gasteiger charge is 2.29. The van der Waals surface area contributed by atoms with Crippen molar-refractivity contribution < 1.29 is 23.2 Å². The quantitative estimate of drug-likeness (QED) is 0.407. The van der Waals surface area contributed by atoms with Gasteiger partial charge in [0.25, 0.3) is 11.8 Å². The Labute approximate surface area is 238 Å². The second-order valence-electron chi connectivity index (χ2n) is 10.6. The molecule has 3 aromatic carbocycles. The molecule has 1 saturated carbocycles. The van der Waals surface area contributed by atoms with E-state index in [0.29, 0.717) is 43.1 Å². The molecule has 2 fully saturated rings. The molecule has 1 aliphatic heterocycles. The van der Waals surface area contributed by atoms with Crippen molar-refractivity contribution in [3.63, 3.8) is 0 Å². The van der Waals surface area contributed by atoms with Crippen molar-refractivity contribution in [3.05, 3.63) is 95.1 Å². The van der Waals surface area contributed by atoms with Gasteiger partial charge in [-0.1, -0.05) is 25.0 Å². The van der Waals surface area contributed by atoms with Crippen LogP contribution in [0, 0.1) is 17.6 Å². The van der Waals surface area contributed by atoms with Gasteiger partial charge in [0.05, 0.1) is 5.56 Å². The fourth-order valence-corrected chi connectivity index (χ4v) is 5.57. The molecule has 41 heavy (non-hydrogen) atoms. The molecule has 0 aromatic heterocycles. The highest BCUT2D eigenvalue weighted by molar-refractivity contribution is 6.06. The van der Waals surface area contributed by atoms with E-state index in [1.807, 2.05) is 11.0 Å². The van der Waals surface area contributed by atoms with Gasteiger partial charge in [-0.15, -0.1) is 0 Å². The van der Waals surface area contributed by atoms with Gasteiger partial charge in [0.1, 0.15) is 11.6 Å². The third-order valence-electron chi connectivity index (χ3n) is 7.82. The summed E-state index contributed by atoms with van der Waals surface area (Å²) in [5.41, 5.74) is 2.54. The van der Waals surface area contributed by atoms with Crippen LogP contribution in [-0.4, -0.2) is 48.8 Å². The summed E-state index contributed by atoms with van der Waals surface area (Å²) in [5.74, 6) is -1.20. The van der Waals surface area contributed by atoms with Crippen molar-refractivity contribution in [2.24, 2.45) is 5.92 Å². The Morgan fingerprint density at radius 2 is 1.44 bits per heavy atom. The van der Waals surface area contributed by atoms with Crippen molar-refractivity contribution in [1.82, 2.24) is 10.2 Å². The number of hydrogen-bond donors (Lipinski definition) is 2. The molecule has 3 amide bonds. The summed E-state index contributed by atoms with van der Waals surface area (Å²) in [4.78, 5) is 43.4. The number of rotatable bonds is 7. The van der Waals surface area contributed by atoms with Crippen molar-refractivity contribution in [1.29, 1.82) is 0 Å². The number of nitrogens with zero attached hydrogens (tertiary/aromatic N) is 2. The summed E-state index contributed by atoms with van der Waals surface area (Å²) < 4.78 is 26.6. The zero-order chi connectivity index (χ0) is 28.8. The lowest BCUT2D eigenvalue weighted by molar-refractivity contribution is -0.135. The largest absolute Gasteiger partial charge is 0.369 e.